The number of hydrogen-bond donors (Lipinski definition) is 1. The van der Waals surface area contributed by atoms with Crippen LogP contribution in [0.2, 0.25) is 0 Å². The highest BCUT2D eigenvalue weighted by Gasteiger charge is 2.24. The van der Waals surface area contributed by atoms with Crippen molar-refractivity contribution in [1.82, 2.24) is 4.90 Å². The number of aliphatic hydroxyl groups is 1. The van der Waals surface area contributed by atoms with E-state index < -0.39 is 11.9 Å². The average molecular weight is 541 g/mol. The van der Waals surface area contributed by atoms with Gasteiger partial charge in [-0.05, 0) is 54.8 Å². The summed E-state index contributed by atoms with van der Waals surface area (Å²) in [5.74, 6) is 0.0922. The number of ether oxygens (including phenoxy) is 2. The predicted octanol–water partition coefficient (Wildman–Crippen LogP) is 5.93. The third-order valence-electron chi connectivity index (χ3n) is 7.65. The van der Waals surface area contributed by atoms with Crippen LogP contribution < -0.4 is 4.74 Å². The summed E-state index contributed by atoms with van der Waals surface area (Å²) in [6, 6.07) is 19.6. The van der Waals surface area contributed by atoms with Crippen LogP contribution in [0.4, 0.5) is 4.39 Å². The van der Waals surface area contributed by atoms with Crippen LogP contribution in [0.5, 0.6) is 5.75 Å². The van der Waals surface area contributed by atoms with Crippen molar-refractivity contribution in [3.63, 3.8) is 0 Å². The zero-order valence-corrected chi connectivity index (χ0v) is 21.9. The van der Waals surface area contributed by atoms with Gasteiger partial charge in [-0.1, -0.05) is 24.3 Å². The summed E-state index contributed by atoms with van der Waals surface area (Å²) >= 11 is 0. The second-order valence-electron chi connectivity index (χ2n) is 10.3. The monoisotopic (exact) mass is 540 g/mol. The van der Waals surface area contributed by atoms with Crippen molar-refractivity contribution in [2.24, 2.45) is 0 Å². The molecule has 1 amide bonds. The van der Waals surface area contributed by atoms with Crippen molar-refractivity contribution in [2.45, 2.75) is 37.9 Å². The molecule has 4 aromatic rings. The minimum Gasteiger partial charge on any atom is -0.489 e. The number of aliphatic hydroxyl groups excluding tert-OH is 1. The Morgan fingerprint density at radius 1 is 1.00 bits per heavy atom. The molecule has 1 aromatic heterocycles. The van der Waals surface area contributed by atoms with Crippen LogP contribution in [0.3, 0.4) is 0 Å². The van der Waals surface area contributed by atoms with Gasteiger partial charge >= 0.3 is 0 Å². The van der Waals surface area contributed by atoms with Gasteiger partial charge in [-0.3, -0.25) is 4.79 Å². The first kappa shape index (κ1) is 26.1. The number of likely N-dealkylation sites (tertiary alicyclic amines) is 1. The molecule has 0 spiro atoms. The van der Waals surface area contributed by atoms with Gasteiger partial charge in [-0.25, -0.2) is 4.39 Å². The zero-order chi connectivity index (χ0) is 27.6. The average Bonchev–Trinajstić information content (AvgIpc) is 3.42. The third-order valence-corrected chi connectivity index (χ3v) is 7.65. The van der Waals surface area contributed by atoms with Crippen molar-refractivity contribution in [3.8, 4) is 34.3 Å². The van der Waals surface area contributed by atoms with E-state index in [9.17, 15) is 15.2 Å². The summed E-state index contributed by atoms with van der Waals surface area (Å²) in [5, 5.41) is 20.3. The molecule has 6 rings (SSSR count). The summed E-state index contributed by atoms with van der Waals surface area (Å²) in [4.78, 5) is 14.5. The fourth-order valence-electron chi connectivity index (χ4n) is 5.38. The highest BCUT2D eigenvalue weighted by atomic mass is 19.1. The molecule has 0 bridgehead atoms. The number of hydrogen-bond acceptors (Lipinski definition) is 6. The number of halogens is 1. The van der Waals surface area contributed by atoms with Crippen LogP contribution in [0, 0.1) is 17.1 Å². The molecule has 2 aliphatic rings. The number of nitrogens with zero attached hydrogens (tertiary/aromatic N) is 2. The van der Waals surface area contributed by atoms with Crippen LogP contribution in [0.15, 0.2) is 65.1 Å². The van der Waals surface area contributed by atoms with Crippen molar-refractivity contribution < 1.29 is 28.2 Å². The van der Waals surface area contributed by atoms with Crippen LogP contribution in [-0.4, -0.2) is 54.4 Å². The molecule has 0 atom stereocenters. The number of carbonyl (C=O) groups excluding carboxylic acids is 1. The molecular weight excluding hydrogens is 511 g/mol. The first-order valence-electron chi connectivity index (χ1n) is 13.6. The highest BCUT2D eigenvalue weighted by Crippen LogP contribution is 2.37. The minimum absolute atomic E-state index is 0.0205. The molecule has 0 saturated carbocycles. The van der Waals surface area contributed by atoms with E-state index >= 15 is 4.39 Å². The second-order valence-corrected chi connectivity index (χ2v) is 10.3. The Balaban J connectivity index is 1.28. The van der Waals surface area contributed by atoms with Crippen molar-refractivity contribution >= 4 is 16.9 Å². The van der Waals surface area contributed by atoms with Crippen molar-refractivity contribution in [1.29, 1.82) is 5.26 Å². The Labute approximate surface area is 231 Å². The molecule has 0 aliphatic carbocycles. The molecule has 2 saturated heterocycles. The number of benzene rings is 3. The maximum atomic E-state index is 15.3. The van der Waals surface area contributed by atoms with E-state index in [4.69, 9.17) is 13.9 Å². The number of amides is 1. The number of piperidine rings is 1. The SMILES string of the molecule is N#Cc1cc(-c2cccc3cc(-c4ccc(C(=O)N5CCC(O)CC5)cc4F)oc23)ccc1OC1CCOCC1. The van der Waals surface area contributed by atoms with Crippen LogP contribution in [0.25, 0.3) is 33.4 Å². The molecule has 3 aromatic carbocycles. The maximum absolute atomic E-state index is 15.3. The quantitative estimate of drug-likeness (QED) is 0.337. The largest absolute Gasteiger partial charge is 0.489 e. The normalized spacial score (nSPS) is 16.7. The molecule has 0 unspecified atom stereocenters. The van der Waals surface area contributed by atoms with E-state index in [2.05, 4.69) is 6.07 Å². The highest BCUT2D eigenvalue weighted by molar-refractivity contribution is 5.96. The maximum Gasteiger partial charge on any atom is 0.253 e. The van der Waals surface area contributed by atoms with E-state index in [0.717, 1.165) is 29.4 Å². The first-order chi connectivity index (χ1) is 19.5. The van der Waals surface area contributed by atoms with Crippen molar-refractivity contribution in [2.75, 3.05) is 26.3 Å². The van der Waals surface area contributed by atoms with Gasteiger partial charge in [0.1, 0.15) is 35.1 Å². The number of furan rings is 1. The fourth-order valence-corrected chi connectivity index (χ4v) is 5.38. The number of carbonyl (C=O) groups is 1. The van der Waals surface area contributed by atoms with Gasteiger partial charge in [0.2, 0.25) is 0 Å². The number of rotatable bonds is 5. The molecule has 8 heteroatoms. The molecule has 0 radical (unpaired) electrons. The van der Waals surface area contributed by atoms with E-state index in [1.54, 1.807) is 29.2 Å². The summed E-state index contributed by atoms with van der Waals surface area (Å²) in [5.41, 5.74) is 3.09. The van der Waals surface area contributed by atoms with Crippen LogP contribution in [-0.2, 0) is 4.74 Å². The van der Waals surface area contributed by atoms with E-state index in [1.807, 2.05) is 30.3 Å². The first-order valence-corrected chi connectivity index (χ1v) is 13.6. The predicted molar refractivity (Wildman–Crippen MR) is 147 cm³/mol. The molecule has 204 valence electrons. The van der Waals surface area contributed by atoms with Gasteiger partial charge in [0.15, 0.2) is 0 Å². The lowest BCUT2D eigenvalue weighted by Gasteiger charge is -2.29. The second kappa shape index (κ2) is 11.1. The Kier molecular flexibility index (Phi) is 7.25. The Morgan fingerprint density at radius 3 is 2.55 bits per heavy atom. The zero-order valence-electron chi connectivity index (χ0n) is 21.9. The summed E-state index contributed by atoms with van der Waals surface area (Å²) in [6.07, 6.45) is 2.25. The lowest BCUT2D eigenvalue weighted by Crippen LogP contribution is -2.40. The van der Waals surface area contributed by atoms with E-state index in [-0.39, 0.29) is 23.1 Å². The van der Waals surface area contributed by atoms with Gasteiger partial charge < -0.3 is 23.9 Å². The fraction of sp³-hybridized carbons (Fsp3) is 0.312. The summed E-state index contributed by atoms with van der Waals surface area (Å²) in [7, 11) is 0. The Bertz CT molecular complexity index is 1590. The molecule has 3 heterocycles. The number of nitriles is 1. The Hall–Kier alpha value is -4.19. The molecule has 2 aliphatic heterocycles. The van der Waals surface area contributed by atoms with Gasteiger partial charge in [-0.2, -0.15) is 5.26 Å². The lowest BCUT2D eigenvalue weighted by atomic mass is 10.0. The van der Waals surface area contributed by atoms with Gasteiger partial charge in [-0.15, -0.1) is 0 Å². The summed E-state index contributed by atoms with van der Waals surface area (Å²) < 4.78 is 33.0. The standard InChI is InChI=1S/C32H29FN2O5/c33-28-17-22(32(37)35-12-8-24(36)9-13-35)4-6-27(28)30-18-21-2-1-3-26(31(21)40-30)20-5-7-29(23(16-20)19-34)39-25-10-14-38-15-11-25/h1-7,16-18,24-25,36H,8-15H2. The van der Waals surface area contributed by atoms with Crippen LogP contribution in [0.1, 0.15) is 41.6 Å². The van der Waals surface area contributed by atoms with E-state index in [0.29, 0.717) is 61.8 Å². The van der Waals surface area contributed by atoms with E-state index in [1.165, 1.54) is 6.07 Å². The third kappa shape index (κ3) is 5.18. The lowest BCUT2D eigenvalue weighted by molar-refractivity contribution is 0.0254. The summed E-state index contributed by atoms with van der Waals surface area (Å²) in [6.45, 7) is 2.20. The minimum atomic E-state index is -0.551. The Morgan fingerprint density at radius 2 is 1.80 bits per heavy atom. The smallest absolute Gasteiger partial charge is 0.253 e. The topological polar surface area (TPSA) is 95.9 Å². The number of fused-ring (bicyclic) bond motifs is 1. The van der Waals surface area contributed by atoms with Crippen LogP contribution >= 0.6 is 0 Å². The molecule has 7 nitrogen and oxygen atoms in total. The van der Waals surface area contributed by atoms with Gasteiger partial charge in [0.25, 0.3) is 5.91 Å². The van der Waals surface area contributed by atoms with Gasteiger partial charge in [0, 0.05) is 42.4 Å². The molecular formula is C32H29FN2O5. The van der Waals surface area contributed by atoms with Crippen molar-refractivity contribution in [3.05, 3.63) is 77.6 Å². The number of para-hydroxylation sites is 1. The molecule has 1 N–H and O–H groups in total. The molecule has 2 fully saturated rings. The van der Waals surface area contributed by atoms with Gasteiger partial charge in [0.05, 0.1) is 30.4 Å². The molecule has 40 heavy (non-hydrogen) atoms.